The van der Waals surface area contributed by atoms with Gasteiger partial charge in [-0.1, -0.05) is 25.4 Å². The van der Waals surface area contributed by atoms with Gasteiger partial charge in [-0.05, 0) is 47.6 Å². The Balaban J connectivity index is 2.41. The summed E-state index contributed by atoms with van der Waals surface area (Å²) in [4.78, 5) is 0. The molecule has 0 spiro atoms. The highest BCUT2D eigenvalue weighted by Crippen LogP contribution is 2.65. The second-order valence-electron chi connectivity index (χ2n) is 5.38. The van der Waals surface area contributed by atoms with Gasteiger partial charge in [0, 0.05) is 5.02 Å². The SMILES string of the molecule is CC1(C)C(CN)C1c1cc(C(F)(F)F)ccc1Cl. The van der Waals surface area contributed by atoms with Gasteiger partial charge in [0.2, 0.25) is 0 Å². The lowest BCUT2D eigenvalue weighted by Gasteiger charge is -2.11. The van der Waals surface area contributed by atoms with Crippen molar-refractivity contribution in [1.29, 1.82) is 0 Å². The van der Waals surface area contributed by atoms with Crippen molar-refractivity contribution in [1.82, 2.24) is 0 Å². The summed E-state index contributed by atoms with van der Waals surface area (Å²) in [6, 6.07) is 3.49. The predicted octanol–water partition coefficient (Wildman–Crippen LogP) is 4.06. The summed E-state index contributed by atoms with van der Waals surface area (Å²) in [6.07, 6.45) is -4.34. The molecule has 0 radical (unpaired) electrons. The van der Waals surface area contributed by atoms with Crippen LogP contribution in [-0.4, -0.2) is 6.54 Å². The molecule has 18 heavy (non-hydrogen) atoms. The second-order valence-corrected chi connectivity index (χ2v) is 5.78. The first kappa shape index (κ1) is 13.7. The summed E-state index contributed by atoms with van der Waals surface area (Å²) >= 11 is 6.02. The van der Waals surface area contributed by atoms with Crippen LogP contribution >= 0.6 is 11.6 Å². The van der Waals surface area contributed by atoms with Gasteiger partial charge in [0.1, 0.15) is 0 Å². The van der Waals surface area contributed by atoms with Crippen LogP contribution < -0.4 is 5.73 Å². The smallest absolute Gasteiger partial charge is 0.330 e. The molecule has 1 aromatic rings. The normalized spacial score (nSPS) is 26.2. The third-order valence-electron chi connectivity index (χ3n) is 3.96. The number of hydrogen-bond donors (Lipinski definition) is 1. The number of alkyl halides is 3. The number of nitrogens with two attached hydrogens (primary N) is 1. The zero-order chi connectivity index (χ0) is 13.7. The molecule has 0 heterocycles. The van der Waals surface area contributed by atoms with Crippen LogP contribution in [-0.2, 0) is 6.18 Å². The van der Waals surface area contributed by atoms with Gasteiger partial charge in [0.15, 0.2) is 0 Å². The van der Waals surface area contributed by atoms with Crippen LogP contribution in [0.4, 0.5) is 13.2 Å². The molecule has 1 aliphatic carbocycles. The van der Waals surface area contributed by atoms with Crippen LogP contribution in [0.15, 0.2) is 18.2 Å². The first-order chi connectivity index (χ1) is 8.19. The number of benzene rings is 1. The molecular weight excluding hydrogens is 263 g/mol. The van der Waals surface area contributed by atoms with E-state index in [-0.39, 0.29) is 17.3 Å². The second kappa shape index (κ2) is 4.14. The Hall–Kier alpha value is -0.740. The standard InChI is InChI=1S/C13H15ClF3N/c1-12(2)9(6-18)11(12)8-5-7(13(15,16)17)3-4-10(8)14/h3-5,9,11H,6,18H2,1-2H3. The Bertz CT molecular complexity index is 468. The predicted molar refractivity (Wildman–Crippen MR) is 65.5 cm³/mol. The van der Waals surface area contributed by atoms with Gasteiger partial charge in [-0.2, -0.15) is 13.2 Å². The van der Waals surface area contributed by atoms with E-state index in [4.69, 9.17) is 17.3 Å². The van der Waals surface area contributed by atoms with Gasteiger partial charge in [-0.15, -0.1) is 0 Å². The van der Waals surface area contributed by atoms with Crippen molar-refractivity contribution in [3.8, 4) is 0 Å². The van der Waals surface area contributed by atoms with E-state index in [1.54, 1.807) is 0 Å². The van der Waals surface area contributed by atoms with Crippen molar-refractivity contribution in [2.75, 3.05) is 6.54 Å². The van der Waals surface area contributed by atoms with Crippen LogP contribution in [0.25, 0.3) is 0 Å². The molecule has 2 atom stereocenters. The third kappa shape index (κ3) is 2.12. The van der Waals surface area contributed by atoms with Crippen LogP contribution in [0.2, 0.25) is 5.02 Å². The van der Waals surface area contributed by atoms with Gasteiger partial charge < -0.3 is 5.73 Å². The summed E-state index contributed by atoms with van der Waals surface area (Å²) in [5, 5.41) is 0.386. The Morgan fingerprint density at radius 3 is 2.39 bits per heavy atom. The minimum Gasteiger partial charge on any atom is -0.330 e. The van der Waals surface area contributed by atoms with Crippen molar-refractivity contribution in [3.63, 3.8) is 0 Å². The maximum absolute atomic E-state index is 12.7. The number of rotatable bonds is 2. The fourth-order valence-electron chi connectivity index (χ4n) is 2.76. The minimum absolute atomic E-state index is 0.0114. The molecule has 2 unspecified atom stereocenters. The molecule has 0 saturated heterocycles. The van der Waals surface area contributed by atoms with Crippen molar-refractivity contribution >= 4 is 11.6 Å². The van der Waals surface area contributed by atoms with Crippen LogP contribution in [0, 0.1) is 11.3 Å². The average Bonchev–Trinajstić information content (AvgIpc) is 2.79. The van der Waals surface area contributed by atoms with Gasteiger partial charge >= 0.3 is 6.18 Å². The van der Waals surface area contributed by atoms with Crippen LogP contribution in [0.5, 0.6) is 0 Å². The topological polar surface area (TPSA) is 26.0 Å². The lowest BCUT2D eigenvalue weighted by atomic mass is 10.0. The number of halogens is 4. The third-order valence-corrected chi connectivity index (χ3v) is 4.31. The van der Waals surface area contributed by atoms with E-state index >= 15 is 0 Å². The maximum atomic E-state index is 12.7. The quantitative estimate of drug-likeness (QED) is 0.867. The molecule has 1 saturated carbocycles. The first-order valence-electron chi connectivity index (χ1n) is 5.76. The number of hydrogen-bond acceptors (Lipinski definition) is 1. The summed E-state index contributed by atoms with van der Waals surface area (Å²) in [5.74, 6) is 0.204. The lowest BCUT2D eigenvalue weighted by Crippen LogP contribution is -2.06. The molecule has 5 heteroatoms. The molecule has 1 fully saturated rings. The van der Waals surface area contributed by atoms with Gasteiger partial charge in [0.05, 0.1) is 5.56 Å². The highest BCUT2D eigenvalue weighted by Gasteiger charge is 2.58. The van der Waals surface area contributed by atoms with E-state index in [2.05, 4.69) is 0 Å². The maximum Gasteiger partial charge on any atom is 0.416 e. The summed E-state index contributed by atoms with van der Waals surface area (Å²) in [7, 11) is 0. The van der Waals surface area contributed by atoms with Gasteiger partial charge in [-0.25, -0.2) is 0 Å². The Morgan fingerprint density at radius 2 is 1.94 bits per heavy atom. The highest BCUT2D eigenvalue weighted by molar-refractivity contribution is 6.31. The lowest BCUT2D eigenvalue weighted by molar-refractivity contribution is -0.137. The zero-order valence-corrected chi connectivity index (χ0v) is 10.9. The average molecular weight is 278 g/mol. The van der Waals surface area contributed by atoms with E-state index in [1.807, 2.05) is 13.8 Å². The van der Waals surface area contributed by atoms with E-state index in [1.165, 1.54) is 6.07 Å². The Morgan fingerprint density at radius 1 is 1.33 bits per heavy atom. The first-order valence-corrected chi connectivity index (χ1v) is 6.14. The van der Waals surface area contributed by atoms with E-state index in [9.17, 15) is 13.2 Å². The molecule has 0 aromatic heterocycles. The molecule has 1 aliphatic rings. The molecule has 100 valence electrons. The van der Waals surface area contributed by atoms with E-state index in [0.717, 1.165) is 12.1 Å². The van der Waals surface area contributed by atoms with E-state index < -0.39 is 11.7 Å². The zero-order valence-electron chi connectivity index (χ0n) is 10.2. The highest BCUT2D eigenvalue weighted by atomic mass is 35.5. The molecule has 1 nitrogen and oxygen atoms in total. The van der Waals surface area contributed by atoms with Crippen molar-refractivity contribution in [2.24, 2.45) is 17.1 Å². The minimum atomic E-state index is -4.34. The molecule has 2 rings (SSSR count). The van der Waals surface area contributed by atoms with Gasteiger partial charge in [-0.3, -0.25) is 0 Å². The van der Waals surface area contributed by atoms with E-state index in [0.29, 0.717) is 17.1 Å². The van der Waals surface area contributed by atoms with Crippen molar-refractivity contribution < 1.29 is 13.2 Å². The molecule has 0 amide bonds. The molecule has 2 N–H and O–H groups in total. The monoisotopic (exact) mass is 277 g/mol. The molecule has 1 aromatic carbocycles. The van der Waals surface area contributed by atoms with Gasteiger partial charge in [0.25, 0.3) is 0 Å². The molecular formula is C13H15ClF3N. The van der Waals surface area contributed by atoms with Crippen molar-refractivity contribution in [2.45, 2.75) is 25.9 Å². The summed E-state index contributed by atoms with van der Waals surface area (Å²) in [5.41, 5.74) is 5.47. The van der Waals surface area contributed by atoms with Crippen LogP contribution in [0.3, 0.4) is 0 Å². The molecule has 0 aliphatic heterocycles. The summed E-state index contributed by atoms with van der Waals surface area (Å²) in [6.45, 7) is 4.47. The molecule has 0 bridgehead atoms. The van der Waals surface area contributed by atoms with Crippen LogP contribution in [0.1, 0.15) is 30.9 Å². The summed E-state index contributed by atoms with van der Waals surface area (Å²) < 4.78 is 38.1. The van der Waals surface area contributed by atoms with Crippen molar-refractivity contribution in [3.05, 3.63) is 34.3 Å². The fraction of sp³-hybridized carbons (Fsp3) is 0.538. The Labute approximate surface area is 109 Å². The largest absolute Gasteiger partial charge is 0.416 e. The fourth-order valence-corrected chi connectivity index (χ4v) is 2.99. The Kier molecular flexibility index (Phi) is 3.14.